The molecule has 1 amide bonds. The number of aryl methyl sites for hydroxylation is 1. The van der Waals surface area contributed by atoms with Crippen molar-refractivity contribution in [3.8, 4) is 11.5 Å². The van der Waals surface area contributed by atoms with Gasteiger partial charge in [0.2, 0.25) is 16.9 Å². The third kappa shape index (κ3) is 3.50. The van der Waals surface area contributed by atoms with Gasteiger partial charge in [0.15, 0.2) is 0 Å². The smallest absolute Gasteiger partial charge is 0.234 e. The number of nitrogen functional groups attached to an aromatic ring is 1. The van der Waals surface area contributed by atoms with Gasteiger partial charge in [-0.3, -0.25) is 9.89 Å². The molecule has 3 aromatic rings. The van der Waals surface area contributed by atoms with Gasteiger partial charge in [-0.2, -0.15) is 5.10 Å². The molecule has 0 spiro atoms. The number of benzene rings is 1. The first kappa shape index (κ1) is 17.8. The van der Waals surface area contributed by atoms with Gasteiger partial charge in [-0.15, -0.1) is 10.2 Å². The lowest BCUT2D eigenvalue weighted by Gasteiger charge is -2.06. The number of fused-ring (bicyclic) bond motifs is 1. The molecule has 4 N–H and O–H groups in total. The highest BCUT2D eigenvalue weighted by atomic mass is 35.5. The predicted octanol–water partition coefficient (Wildman–Crippen LogP) is 2.39. The monoisotopic (exact) mass is 407 g/mol. The van der Waals surface area contributed by atoms with Gasteiger partial charge in [-0.05, 0) is 37.5 Å². The maximum absolute atomic E-state index is 13.2. The SMILES string of the molecule is Nn1c(SCC(=O)Nc2ccc(F)c(Cl)c2)nnc1-c1n[nH]c2c1CCC2. The van der Waals surface area contributed by atoms with Crippen molar-refractivity contribution in [3.63, 3.8) is 0 Å². The molecule has 11 heteroatoms. The fraction of sp³-hybridized carbons (Fsp3) is 0.250. The van der Waals surface area contributed by atoms with Gasteiger partial charge in [-0.1, -0.05) is 23.4 Å². The van der Waals surface area contributed by atoms with E-state index < -0.39 is 5.82 Å². The standard InChI is InChI=1S/C16H15ClFN7OS/c17-10-6-8(4-5-11(10)18)20-13(26)7-27-16-24-23-15(25(16)19)14-9-2-1-3-12(9)21-22-14/h4-6H,1-3,7,19H2,(H,20,26)(H,21,22). The molecule has 2 aromatic heterocycles. The van der Waals surface area contributed by atoms with Gasteiger partial charge in [0.05, 0.1) is 10.8 Å². The number of amides is 1. The van der Waals surface area contributed by atoms with Crippen LogP contribution < -0.4 is 11.2 Å². The molecule has 4 rings (SSSR count). The number of aromatic nitrogens is 5. The summed E-state index contributed by atoms with van der Waals surface area (Å²) in [6, 6.07) is 3.98. The molecular weight excluding hydrogens is 393 g/mol. The van der Waals surface area contributed by atoms with Gasteiger partial charge >= 0.3 is 0 Å². The lowest BCUT2D eigenvalue weighted by molar-refractivity contribution is -0.113. The summed E-state index contributed by atoms with van der Waals surface area (Å²) in [6.45, 7) is 0. The van der Waals surface area contributed by atoms with Crippen LogP contribution in [0.25, 0.3) is 11.5 Å². The molecule has 0 atom stereocenters. The van der Waals surface area contributed by atoms with Crippen LogP contribution in [0.15, 0.2) is 23.4 Å². The Bertz CT molecular complexity index is 1020. The van der Waals surface area contributed by atoms with Crippen LogP contribution in [0.5, 0.6) is 0 Å². The lowest BCUT2D eigenvalue weighted by atomic mass is 10.2. The minimum Gasteiger partial charge on any atom is -0.335 e. The lowest BCUT2D eigenvalue weighted by Crippen LogP contribution is -2.16. The van der Waals surface area contributed by atoms with Gasteiger partial charge in [0.25, 0.3) is 0 Å². The Hall–Kier alpha value is -2.59. The second kappa shape index (κ2) is 7.20. The summed E-state index contributed by atoms with van der Waals surface area (Å²) in [4.78, 5) is 12.1. The normalized spacial score (nSPS) is 13.0. The average Bonchev–Trinajstić information content (AvgIpc) is 3.33. The van der Waals surface area contributed by atoms with E-state index in [2.05, 4.69) is 25.7 Å². The fourth-order valence-corrected chi connectivity index (χ4v) is 3.78. The number of thioether (sulfide) groups is 1. The van der Waals surface area contributed by atoms with E-state index >= 15 is 0 Å². The Morgan fingerprint density at radius 1 is 1.41 bits per heavy atom. The zero-order valence-corrected chi connectivity index (χ0v) is 15.6. The van der Waals surface area contributed by atoms with Crippen LogP contribution in [0.2, 0.25) is 5.02 Å². The third-order valence-electron chi connectivity index (χ3n) is 4.22. The van der Waals surface area contributed by atoms with Crippen LogP contribution in [0.1, 0.15) is 17.7 Å². The summed E-state index contributed by atoms with van der Waals surface area (Å²) >= 11 is 6.85. The van der Waals surface area contributed by atoms with Gasteiger partial charge in [0.1, 0.15) is 11.5 Å². The quantitative estimate of drug-likeness (QED) is 0.442. The van der Waals surface area contributed by atoms with Crippen LogP contribution >= 0.6 is 23.4 Å². The number of hydrogen-bond acceptors (Lipinski definition) is 6. The first-order chi connectivity index (χ1) is 13.0. The van der Waals surface area contributed by atoms with Crippen molar-refractivity contribution in [2.45, 2.75) is 24.4 Å². The van der Waals surface area contributed by atoms with Crippen LogP contribution in [-0.2, 0) is 17.6 Å². The molecule has 0 radical (unpaired) electrons. The molecule has 0 aliphatic heterocycles. The first-order valence-corrected chi connectivity index (χ1v) is 9.54. The van der Waals surface area contributed by atoms with Crippen LogP contribution in [0, 0.1) is 5.82 Å². The molecule has 140 valence electrons. The van der Waals surface area contributed by atoms with Crippen molar-refractivity contribution in [2.75, 3.05) is 16.9 Å². The number of H-pyrrole nitrogens is 1. The van der Waals surface area contributed by atoms with E-state index in [9.17, 15) is 9.18 Å². The summed E-state index contributed by atoms with van der Waals surface area (Å²) in [5.74, 6) is 5.77. The Morgan fingerprint density at radius 2 is 2.26 bits per heavy atom. The number of nitrogens with two attached hydrogens (primary N) is 1. The zero-order chi connectivity index (χ0) is 19.0. The Balaban J connectivity index is 1.42. The molecular formula is C16H15ClFN7OS. The molecule has 0 saturated heterocycles. The summed E-state index contributed by atoms with van der Waals surface area (Å²) in [5.41, 5.74) is 3.35. The van der Waals surface area contributed by atoms with Gasteiger partial charge in [0, 0.05) is 16.9 Å². The van der Waals surface area contributed by atoms with E-state index in [0.29, 0.717) is 22.4 Å². The van der Waals surface area contributed by atoms with E-state index in [4.69, 9.17) is 17.4 Å². The fourth-order valence-electron chi connectivity index (χ4n) is 2.94. The highest BCUT2D eigenvalue weighted by Gasteiger charge is 2.24. The molecule has 0 bridgehead atoms. The summed E-state index contributed by atoms with van der Waals surface area (Å²) < 4.78 is 14.5. The first-order valence-electron chi connectivity index (χ1n) is 8.17. The van der Waals surface area contributed by atoms with Crippen molar-refractivity contribution in [1.29, 1.82) is 0 Å². The number of halogens is 2. The molecule has 1 aromatic carbocycles. The minimum atomic E-state index is -0.544. The van der Waals surface area contributed by atoms with Crippen molar-refractivity contribution in [2.24, 2.45) is 0 Å². The van der Waals surface area contributed by atoms with E-state index in [1.165, 1.54) is 22.9 Å². The highest BCUT2D eigenvalue weighted by molar-refractivity contribution is 7.99. The van der Waals surface area contributed by atoms with E-state index in [-0.39, 0.29) is 16.7 Å². The zero-order valence-electron chi connectivity index (χ0n) is 14.0. The molecule has 8 nitrogen and oxygen atoms in total. The van der Waals surface area contributed by atoms with Crippen LogP contribution in [-0.4, -0.2) is 36.7 Å². The maximum Gasteiger partial charge on any atom is 0.234 e. The largest absolute Gasteiger partial charge is 0.335 e. The van der Waals surface area contributed by atoms with Crippen molar-refractivity contribution in [3.05, 3.63) is 40.3 Å². The van der Waals surface area contributed by atoms with Crippen molar-refractivity contribution < 1.29 is 9.18 Å². The number of rotatable bonds is 5. The number of nitrogens with one attached hydrogen (secondary N) is 2. The number of carbonyl (C=O) groups is 1. The second-order valence-electron chi connectivity index (χ2n) is 6.02. The topological polar surface area (TPSA) is 115 Å². The van der Waals surface area contributed by atoms with E-state index in [1.54, 1.807) is 0 Å². The summed E-state index contributed by atoms with van der Waals surface area (Å²) in [6.07, 6.45) is 2.97. The molecule has 27 heavy (non-hydrogen) atoms. The Morgan fingerprint density at radius 3 is 3.07 bits per heavy atom. The molecule has 0 unspecified atom stereocenters. The van der Waals surface area contributed by atoms with Crippen molar-refractivity contribution in [1.82, 2.24) is 25.1 Å². The number of nitrogens with zero attached hydrogens (tertiary/aromatic N) is 4. The number of carbonyl (C=O) groups excluding carboxylic acids is 1. The van der Waals surface area contributed by atoms with Crippen LogP contribution in [0.4, 0.5) is 10.1 Å². The van der Waals surface area contributed by atoms with E-state index in [0.717, 1.165) is 42.3 Å². The molecule has 0 fully saturated rings. The van der Waals surface area contributed by atoms with Gasteiger partial charge in [-0.25, -0.2) is 9.07 Å². The number of hydrogen-bond donors (Lipinski definition) is 3. The molecule has 2 heterocycles. The number of aromatic amines is 1. The molecule has 0 saturated carbocycles. The Kier molecular flexibility index (Phi) is 4.75. The Labute approximate surface area is 162 Å². The second-order valence-corrected chi connectivity index (χ2v) is 7.37. The summed E-state index contributed by atoms with van der Waals surface area (Å²) in [5, 5.41) is 18.4. The number of anilines is 1. The maximum atomic E-state index is 13.2. The average molecular weight is 408 g/mol. The molecule has 1 aliphatic carbocycles. The molecule has 1 aliphatic rings. The third-order valence-corrected chi connectivity index (χ3v) is 5.45. The highest BCUT2D eigenvalue weighted by Crippen LogP contribution is 2.30. The minimum absolute atomic E-state index is 0.0571. The predicted molar refractivity (Wildman–Crippen MR) is 101 cm³/mol. The summed E-state index contributed by atoms with van der Waals surface area (Å²) in [7, 11) is 0. The van der Waals surface area contributed by atoms with E-state index in [1.807, 2.05) is 0 Å². The van der Waals surface area contributed by atoms with Gasteiger partial charge < -0.3 is 11.2 Å². The van der Waals surface area contributed by atoms with Crippen LogP contribution in [0.3, 0.4) is 0 Å². The van der Waals surface area contributed by atoms with Crippen molar-refractivity contribution >= 4 is 35.0 Å².